The molecular weight excluding hydrogens is 420 g/mol. The Balaban J connectivity index is 1.48. The van der Waals surface area contributed by atoms with Crippen LogP contribution in [0.25, 0.3) is 10.2 Å². The van der Waals surface area contributed by atoms with Gasteiger partial charge in [0.25, 0.3) is 5.91 Å². The van der Waals surface area contributed by atoms with Crippen LogP contribution in [0.2, 0.25) is 0 Å². The van der Waals surface area contributed by atoms with Gasteiger partial charge in [0, 0.05) is 31.1 Å². The molecule has 9 nitrogen and oxygen atoms in total. The maximum Gasteiger partial charge on any atom is 0.409 e. The van der Waals surface area contributed by atoms with Crippen LogP contribution >= 0.6 is 11.3 Å². The fourth-order valence-electron chi connectivity index (χ4n) is 3.58. The number of thiophene rings is 1. The van der Waals surface area contributed by atoms with E-state index in [-0.39, 0.29) is 24.6 Å². The van der Waals surface area contributed by atoms with Gasteiger partial charge in [-0.05, 0) is 38.7 Å². The number of likely N-dealkylation sites (tertiary alicyclic amines) is 1. The van der Waals surface area contributed by atoms with Crippen molar-refractivity contribution in [2.45, 2.75) is 53.1 Å². The number of piperidine rings is 1. The maximum absolute atomic E-state index is 12.5. The summed E-state index contributed by atoms with van der Waals surface area (Å²) in [7, 11) is 0. The SMILES string of the molecule is CCOC(=O)N1CCC(NC(=O)COC(=O)c2cc3c(C)nn(CC(C)C)c3s2)CC1. The number of hydrogen-bond donors (Lipinski definition) is 1. The first-order valence-electron chi connectivity index (χ1n) is 10.6. The Bertz CT molecular complexity index is 943. The van der Waals surface area contributed by atoms with Crippen molar-refractivity contribution in [1.29, 1.82) is 0 Å². The first kappa shape index (κ1) is 23.1. The quantitative estimate of drug-likeness (QED) is 0.651. The van der Waals surface area contributed by atoms with Crippen LogP contribution in [-0.2, 0) is 20.8 Å². The predicted octanol–water partition coefficient (Wildman–Crippen LogP) is 2.96. The Labute approximate surface area is 185 Å². The highest BCUT2D eigenvalue weighted by molar-refractivity contribution is 7.20. The molecule has 31 heavy (non-hydrogen) atoms. The smallest absolute Gasteiger partial charge is 0.409 e. The highest BCUT2D eigenvalue weighted by Crippen LogP contribution is 2.29. The minimum Gasteiger partial charge on any atom is -0.451 e. The summed E-state index contributed by atoms with van der Waals surface area (Å²) in [6.07, 6.45) is 0.956. The standard InChI is InChI=1S/C21H30N4O5S/c1-5-29-21(28)24-8-6-15(7-9-24)22-18(26)12-30-20(27)17-10-16-14(4)23-25(11-13(2)3)19(16)31-17/h10,13,15H,5-9,11-12H2,1-4H3,(H,22,26). The number of ether oxygens (including phenoxy) is 2. The van der Waals surface area contributed by atoms with Gasteiger partial charge in [-0.15, -0.1) is 11.3 Å². The van der Waals surface area contributed by atoms with Gasteiger partial charge in [-0.2, -0.15) is 5.10 Å². The lowest BCUT2D eigenvalue weighted by molar-refractivity contribution is -0.125. The fraction of sp³-hybridized carbons (Fsp3) is 0.619. The van der Waals surface area contributed by atoms with Crippen LogP contribution in [0.1, 0.15) is 49.0 Å². The average molecular weight is 451 g/mol. The first-order valence-corrected chi connectivity index (χ1v) is 11.4. The van der Waals surface area contributed by atoms with Crippen molar-refractivity contribution in [3.05, 3.63) is 16.6 Å². The summed E-state index contributed by atoms with van der Waals surface area (Å²) in [5.41, 5.74) is 0.873. The van der Waals surface area contributed by atoms with Crippen LogP contribution in [-0.4, -0.2) is 65.0 Å². The zero-order chi connectivity index (χ0) is 22.5. The number of hydrogen-bond acceptors (Lipinski definition) is 7. The second-order valence-electron chi connectivity index (χ2n) is 8.09. The minimum absolute atomic E-state index is 0.0501. The molecule has 0 atom stereocenters. The van der Waals surface area contributed by atoms with E-state index in [0.29, 0.717) is 43.3 Å². The normalized spacial score (nSPS) is 14.8. The first-order chi connectivity index (χ1) is 14.8. The molecule has 0 aliphatic carbocycles. The Morgan fingerprint density at radius 1 is 1.26 bits per heavy atom. The topological polar surface area (TPSA) is 103 Å². The lowest BCUT2D eigenvalue weighted by Crippen LogP contribution is -2.47. The Morgan fingerprint density at radius 3 is 2.61 bits per heavy atom. The molecule has 3 heterocycles. The monoisotopic (exact) mass is 450 g/mol. The van der Waals surface area contributed by atoms with Gasteiger partial charge in [-0.3, -0.25) is 9.48 Å². The summed E-state index contributed by atoms with van der Waals surface area (Å²) in [6.45, 7) is 9.76. The number of esters is 1. The number of carbonyl (C=O) groups excluding carboxylic acids is 3. The number of amides is 2. The van der Waals surface area contributed by atoms with E-state index in [0.717, 1.165) is 22.5 Å². The third-order valence-corrected chi connectivity index (χ3v) is 6.20. The summed E-state index contributed by atoms with van der Waals surface area (Å²) < 4.78 is 12.1. The van der Waals surface area contributed by atoms with Crippen molar-refractivity contribution in [3.63, 3.8) is 0 Å². The molecule has 1 aliphatic rings. The molecule has 10 heteroatoms. The molecule has 0 aromatic carbocycles. The van der Waals surface area contributed by atoms with Gasteiger partial charge in [-0.1, -0.05) is 13.8 Å². The van der Waals surface area contributed by atoms with E-state index in [1.807, 2.05) is 11.6 Å². The molecular formula is C21H30N4O5S. The largest absolute Gasteiger partial charge is 0.451 e. The van der Waals surface area contributed by atoms with Crippen molar-refractivity contribution in [2.75, 3.05) is 26.3 Å². The van der Waals surface area contributed by atoms with Crippen LogP contribution in [0.3, 0.4) is 0 Å². The molecule has 1 aliphatic heterocycles. The van der Waals surface area contributed by atoms with E-state index in [2.05, 4.69) is 24.3 Å². The van der Waals surface area contributed by atoms with Crippen molar-refractivity contribution >= 4 is 39.5 Å². The molecule has 3 rings (SSSR count). The zero-order valence-corrected chi connectivity index (χ0v) is 19.3. The molecule has 2 aromatic heterocycles. The molecule has 0 spiro atoms. The predicted molar refractivity (Wildman–Crippen MR) is 117 cm³/mol. The fourth-order valence-corrected chi connectivity index (χ4v) is 4.64. The van der Waals surface area contributed by atoms with Gasteiger partial charge in [0.05, 0.1) is 12.3 Å². The van der Waals surface area contributed by atoms with Crippen molar-refractivity contribution in [3.8, 4) is 0 Å². The lowest BCUT2D eigenvalue weighted by atomic mass is 10.1. The van der Waals surface area contributed by atoms with Gasteiger partial charge in [-0.25, -0.2) is 9.59 Å². The third kappa shape index (κ3) is 5.75. The molecule has 1 saturated heterocycles. The van der Waals surface area contributed by atoms with Gasteiger partial charge in [0.2, 0.25) is 0 Å². The maximum atomic E-state index is 12.5. The Kier molecular flexibility index (Phi) is 7.53. The van der Waals surface area contributed by atoms with E-state index >= 15 is 0 Å². The number of fused-ring (bicyclic) bond motifs is 1. The van der Waals surface area contributed by atoms with Crippen molar-refractivity contribution in [1.82, 2.24) is 20.0 Å². The molecule has 1 fully saturated rings. The van der Waals surface area contributed by atoms with Gasteiger partial charge >= 0.3 is 12.1 Å². The van der Waals surface area contributed by atoms with E-state index in [1.54, 1.807) is 17.9 Å². The number of carbonyl (C=O) groups is 3. The third-order valence-electron chi connectivity index (χ3n) is 5.07. The number of aryl methyl sites for hydroxylation is 1. The van der Waals surface area contributed by atoms with Crippen LogP contribution < -0.4 is 5.32 Å². The van der Waals surface area contributed by atoms with Crippen molar-refractivity contribution < 1.29 is 23.9 Å². The Hall–Kier alpha value is -2.62. The second kappa shape index (κ2) is 10.1. The number of aromatic nitrogens is 2. The molecule has 2 aromatic rings. The molecule has 1 N–H and O–H groups in total. The summed E-state index contributed by atoms with van der Waals surface area (Å²) in [5, 5.41) is 8.35. The van der Waals surface area contributed by atoms with Gasteiger partial charge in [0.15, 0.2) is 6.61 Å². The van der Waals surface area contributed by atoms with E-state index in [9.17, 15) is 14.4 Å². The molecule has 170 valence electrons. The zero-order valence-electron chi connectivity index (χ0n) is 18.5. The summed E-state index contributed by atoms with van der Waals surface area (Å²) in [6, 6.07) is 1.73. The Morgan fingerprint density at radius 2 is 1.97 bits per heavy atom. The van der Waals surface area contributed by atoms with Crippen LogP contribution in [0.15, 0.2) is 6.07 Å². The number of rotatable bonds is 7. The molecule has 0 bridgehead atoms. The summed E-state index contributed by atoms with van der Waals surface area (Å²) in [5.74, 6) is -0.414. The molecule has 0 saturated carbocycles. The summed E-state index contributed by atoms with van der Waals surface area (Å²) >= 11 is 1.33. The van der Waals surface area contributed by atoms with E-state index in [1.165, 1.54) is 11.3 Å². The number of nitrogens with one attached hydrogen (secondary N) is 1. The van der Waals surface area contributed by atoms with Gasteiger partial charge < -0.3 is 19.7 Å². The molecule has 2 amide bonds. The van der Waals surface area contributed by atoms with Crippen LogP contribution in [0, 0.1) is 12.8 Å². The highest BCUT2D eigenvalue weighted by atomic mass is 32.1. The van der Waals surface area contributed by atoms with E-state index in [4.69, 9.17) is 9.47 Å². The van der Waals surface area contributed by atoms with Crippen LogP contribution in [0.4, 0.5) is 4.79 Å². The van der Waals surface area contributed by atoms with Crippen molar-refractivity contribution in [2.24, 2.45) is 5.92 Å². The lowest BCUT2D eigenvalue weighted by Gasteiger charge is -2.31. The average Bonchev–Trinajstić information content (AvgIpc) is 3.28. The minimum atomic E-state index is -0.510. The van der Waals surface area contributed by atoms with Gasteiger partial charge in [0.1, 0.15) is 9.71 Å². The molecule has 0 radical (unpaired) electrons. The molecule has 0 unspecified atom stereocenters. The highest BCUT2D eigenvalue weighted by Gasteiger charge is 2.25. The van der Waals surface area contributed by atoms with E-state index < -0.39 is 5.97 Å². The second-order valence-corrected chi connectivity index (χ2v) is 9.13. The van der Waals surface area contributed by atoms with Crippen LogP contribution in [0.5, 0.6) is 0 Å². The summed E-state index contributed by atoms with van der Waals surface area (Å²) in [4.78, 5) is 39.4. The number of nitrogens with zero attached hydrogens (tertiary/aromatic N) is 3.